The highest BCUT2D eigenvalue weighted by molar-refractivity contribution is 6.30. The summed E-state index contributed by atoms with van der Waals surface area (Å²) in [6, 6.07) is 0.584. The van der Waals surface area contributed by atoms with Gasteiger partial charge in [0, 0.05) is 42.8 Å². The molecule has 0 bridgehead atoms. The summed E-state index contributed by atoms with van der Waals surface area (Å²) in [5.74, 6) is 2.73. The SMILES string of the molecule is CC1CC(C2CC(Cn3ccnc3)CC(C(=O)NCC3CCC(Cl)C(Cl)C3)C2)CCN1. The van der Waals surface area contributed by atoms with Gasteiger partial charge in [0.15, 0.2) is 0 Å². The highest BCUT2D eigenvalue weighted by Gasteiger charge is 2.38. The second kappa shape index (κ2) is 10.9. The molecule has 8 atom stereocenters. The van der Waals surface area contributed by atoms with Gasteiger partial charge in [-0.25, -0.2) is 4.98 Å². The Labute approximate surface area is 197 Å². The third kappa shape index (κ3) is 6.39. The third-order valence-corrected chi connectivity index (χ3v) is 9.07. The van der Waals surface area contributed by atoms with Crippen LogP contribution in [-0.2, 0) is 11.3 Å². The van der Waals surface area contributed by atoms with E-state index in [4.69, 9.17) is 23.2 Å². The van der Waals surface area contributed by atoms with Crippen molar-refractivity contribution in [3.63, 3.8) is 0 Å². The molecule has 1 aliphatic heterocycles. The lowest BCUT2D eigenvalue weighted by Gasteiger charge is -2.41. The van der Waals surface area contributed by atoms with Crippen molar-refractivity contribution >= 4 is 29.1 Å². The number of amides is 1. The molecule has 174 valence electrons. The normalized spacial score (nSPS) is 39.2. The lowest BCUT2D eigenvalue weighted by atomic mass is 9.67. The van der Waals surface area contributed by atoms with E-state index in [0.29, 0.717) is 23.8 Å². The van der Waals surface area contributed by atoms with Crippen LogP contribution in [0.4, 0.5) is 0 Å². The average molecular weight is 470 g/mol. The monoisotopic (exact) mass is 468 g/mol. The van der Waals surface area contributed by atoms with Crippen LogP contribution in [0.2, 0.25) is 0 Å². The van der Waals surface area contributed by atoms with E-state index in [1.807, 2.05) is 18.7 Å². The standard InChI is InChI=1S/C24H38Cl2N4O/c1-16-8-19(4-5-28-16)20-9-18(14-30-7-6-27-15-30)10-21(12-20)24(31)29-13-17-2-3-22(25)23(26)11-17/h6-7,15-23,28H,2-5,8-14H2,1H3,(H,29,31). The Bertz CT molecular complexity index is 700. The van der Waals surface area contributed by atoms with Crippen molar-refractivity contribution in [1.82, 2.24) is 20.2 Å². The molecular formula is C24H38Cl2N4O. The number of halogens is 2. The van der Waals surface area contributed by atoms with E-state index in [9.17, 15) is 4.79 Å². The molecular weight excluding hydrogens is 431 g/mol. The molecule has 2 aliphatic carbocycles. The Morgan fingerprint density at radius 3 is 2.68 bits per heavy atom. The fourth-order valence-corrected chi connectivity index (χ4v) is 6.87. The van der Waals surface area contributed by atoms with Crippen molar-refractivity contribution in [2.75, 3.05) is 13.1 Å². The molecule has 4 rings (SSSR count). The fourth-order valence-electron chi connectivity index (χ4n) is 6.26. The predicted octanol–water partition coefficient (Wildman–Crippen LogP) is 4.43. The van der Waals surface area contributed by atoms with Gasteiger partial charge in [0.1, 0.15) is 0 Å². The minimum atomic E-state index is 0.0258. The highest BCUT2D eigenvalue weighted by Crippen LogP contribution is 2.41. The maximum atomic E-state index is 13.2. The van der Waals surface area contributed by atoms with Gasteiger partial charge in [-0.2, -0.15) is 0 Å². The van der Waals surface area contributed by atoms with E-state index in [1.165, 1.54) is 19.3 Å². The van der Waals surface area contributed by atoms with Crippen LogP contribution in [0.25, 0.3) is 0 Å². The van der Waals surface area contributed by atoms with Gasteiger partial charge >= 0.3 is 0 Å². The summed E-state index contributed by atoms with van der Waals surface area (Å²) in [6.45, 7) is 5.11. The molecule has 2 heterocycles. The van der Waals surface area contributed by atoms with Crippen molar-refractivity contribution in [3.8, 4) is 0 Å². The van der Waals surface area contributed by atoms with Gasteiger partial charge in [0.05, 0.1) is 11.7 Å². The van der Waals surface area contributed by atoms with Crippen LogP contribution in [0, 0.1) is 29.6 Å². The lowest BCUT2D eigenvalue weighted by Crippen LogP contribution is -2.44. The van der Waals surface area contributed by atoms with E-state index >= 15 is 0 Å². The van der Waals surface area contributed by atoms with Crippen molar-refractivity contribution in [3.05, 3.63) is 18.7 Å². The summed E-state index contributed by atoms with van der Waals surface area (Å²) in [5, 5.41) is 6.98. The first-order valence-electron chi connectivity index (χ1n) is 12.2. The van der Waals surface area contributed by atoms with Crippen LogP contribution in [0.15, 0.2) is 18.7 Å². The Morgan fingerprint density at radius 1 is 1.06 bits per heavy atom. The topological polar surface area (TPSA) is 59.0 Å². The summed E-state index contributed by atoms with van der Waals surface area (Å²) in [4.78, 5) is 17.4. The zero-order chi connectivity index (χ0) is 21.8. The van der Waals surface area contributed by atoms with Gasteiger partial charge in [-0.15, -0.1) is 23.2 Å². The maximum absolute atomic E-state index is 13.2. The van der Waals surface area contributed by atoms with Gasteiger partial charge < -0.3 is 15.2 Å². The quantitative estimate of drug-likeness (QED) is 0.606. The second-order valence-electron chi connectivity index (χ2n) is 10.4. The van der Waals surface area contributed by atoms with Gasteiger partial charge in [0.2, 0.25) is 5.91 Å². The van der Waals surface area contributed by atoms with Crippen LogP contribution in [0.1, 0.15) is 58.3 Å². The number of rotatable bonds is 6. The second-order valence-corrected chi connectivity index (χ2v) is 11.5. The summed E-state index contributed by atoms with van der Waals surface area (Å²) in [5.41, 5.74) is 0. The van der Waals surface area contributed by atoms with Crippen LogP contribution < -0.4 is 10.6 Å². The van der Waals surface area contributed by atoms with Crippen molar-refractivity contribution in [2.24, 2.45) is 29.6 Å². The largest absolute Gasteiger partial charge is 0.356 e. The first kappa shape index (κ1) is 23.4. The summed E-state index contributed by atoms with van der Waals surface area (Å²) in [6.07, 6.45) is 14.4. The van der Waals surface area contributed by atoms with Crippen molar-refractivity contribution in [1.29, 1.82) is 0 Å². The minimum absolute atomic E-state index is 0.0258. The molecule has 2 N–H and O–H groups in total. The van der Waals surface area contributed by atoms with Crippen molar-refractivity contribution < 1.29 is 4.79 Å². The van der Waals surface area contributed by atoms with Gasteiger partial charge in [-0.1, -0.05) is 0 Å². The lowest BCUT2D eigenvalue weighted by molar-refractivity contribution is -0.127. The Morgan fingerprint density at radius 2 is 1.94 bits per heavy atom. The third-order valence-electron chi connectivity index (χ3n) is 7.94. The maximum Gasteiger partial charge on any atom is 0.223 e. The molecule has 0 radical (unpaired) electrons. The number of hydrogen-bond donors (Lipinski definition) is 2. The molecule has 1 aromatic heterocycles. The van der Waals surface area contributed by atoms with E-state index in [0.717, 1.165) is 57.7 Å². The molecule has 7 heteroatoms. The molecule has 31 heavy (non-hydrogen) atoms. The summed E-state index contributed by atoms with van der Waals surface area (Å²) < 4.78 is 2.18. The number of carbonyl (C=O) groups excluding carboxylic acids is 1. The van der Waals surface area contributed by atoms with Crippen LogP contribution >= 0.6 is 23.2 Å². The van der Waals surface area contributed by atoms with E-state index in [1.54, 1.807) is 0 Å². The zero-order valence-electron chi connectivity index (χ0n) is 18.7. The van der Waals surface area contributed by atoms with Gasteiger partial charge in [0.25, 0.3) is 0 Å². The van der Waals surface area contributed by atoms with Crippen LogP contribution in [-0.4, -0.2) is 45.3 Å². The molecule has 3 aliphatic rings. The van der Waals surface area contributed by atoms with Gasteiger partial charge in [-0.05, 0) is 88.5 Å². The van der Waals surface area contributed by atoms with E-state index in [-0.39, 0.29) is 22.6 Å². The smallest absolute Gasteiger partial charge is 0.223 e. The molecule has 8 unspecified atom stereocenters. The minimum Gasteiger partial charge on any atom is -0.356 e. The number of alkyl halides is 2. The Kier molecular flexibility index (Phi) is 8.22. The number of imidazole rings is 1. The van der Waals surface area contributed by atoms with E-state index < -0.39 is 0 Å². The molecule has 1 saturated heterocycles. The molecule has 5 nitrogen and oxygen atoms in total. The number of piperidine rings is 1. The summed E-state index contributed by atoms with van der Waals surface area (Å²) in [7, 11) is 0. The van der Waals surface area contributed by atoms with E-state index in [2.05, 4.69) is 27.1 Å². The molecule has 0 aromatic carbocycles. The molecule has 2 saturated carbocycles. The molecule has 1 amide bonds. The number of carbonyl (C=O) groups is 1. The number of nitrogens with zero attached hydrogens (tertiary/aromatic N) is 2. The van der Waals surface area contributed by atoms with Gasteiger partial charge in [-0.3, -0.25) is 4.79 Å². The highest BCUT2D eigenvalue weighted by atomic mass is 35.5. The zero-order valence-corrected chi connectivity index (χ0v) is 20.2. The fraction of sp³-hybridized carbons (Fsp3) is 0.833. The number of aromatic nitrogens is 2. The molecule has 1 aromatic rings. The number of nitrogens with one attached hydrogen (secondary N) is 2. The average Bonchev–Trinajstić information content (AvgIpc) is 3.27. The molecule has 3 fully saturated rings. The summed E-state index contributed by atoms with van der Waals surface area (Å²) >= 11 is 12.6. The van der Waals surface area contributed by atoms with Crippen LogP contribution in [0.5, 0.6) is 0 Å². The Balaban J connectivity index is 1.36. The van der Waals surface area contributed by atoms with Crippen molar-refractivity contribution in [2.45, 2.75) is 81.6 Å². The Hall–Kier alpha value is -0.780. The molecule has 0 spiro atoms. The van der Waals surface area contributed by atoms with Crippen LogP contribution in [0.3, 0.4) is 0 Å². The predicted molar refractivity (Wildman–Crippen MR) is 126 cm³/mol. The number of hydrogen-bond acceptors (Lipinski definition) is 3. The first-order chi connectivity index (χ1) is 15.0. The first-order valence-corrected chi connectivity index (χ1v) is 13.1.